The van der Waals surface area contributed by atoms with Gasteiger partial charge in [0.05, 0.1) is 0 Å². The normalized spacial score (nSPS) is 10.9. The van der Waals surface area contributed by atoms with Gasteiger partial charge < -0.3 is 0 Å². The quantitative estimate of drug-likeness (QED) is 0.657. The first-order chi connectivity index (χ1) is 9.36. The van der Waals surface area contributed by atoms with Gasteiger partial charge in [0.1, 0.15) is 0 Å². The summed E-state index contributed by atoms with van der Waals surface area (Å²) >= 11 is 0. The van der Waals surface area contributed by atoms with Crippen molar-refractivity contribution in [1.29, 1.82) is 0 Å². The summed E-state index contributed by atoms with van der Waals surface area (Å²) in [5.74, 6) is -0.218. The molecule has 0 fully saturated rings. The second kappa shape index (κ2) is 6.91. The van der Waals surface area contributed by atoms with Crippen LogP contribution in [0.1, 0.15) is 15.9 Å². The van der Waals surface area contributed by atoms with Crippen molar-refractivity contribution in [3.05, 3.63) is 77.9 Å². The Morgan fingerprint density at radius 2 is 1.58 bits per heavy atom. The topological polar surface area (TPSA) is 41.5 Å². The maximum absolute atomic E-state index is 11.6. The fourth-order valence-corrected chi connectivity index (χ4v) is 1.51. The van der Waals surface area contributed by atoms with Crippen LogP contribution in [0.15, 0.2) is 71.8 Å². The molecular formula is C16H14N2O. The molecule has 0 saturated heterocycles. The van der Waals surface area contributed by atoms with Crippen LogP contribution in [0.3, 0.4) is 0 Å². The highest BCUT2D eigenvalue weighted by atomic mass is 16.2. The Hall–Kier alpha value is -2.68. The summed E-state index contributed by atoms with van der Waals surface area (Å²) in [4.78, 5) is 11.6. The van der Waals surface area contributed by atoms with Gasteiger partial charge in [-0.3, -0.25) is 4.79 Å². The third-order valence-electron chi connectivity index (χ3n) is 2.45. The van der Waals surface area contributed by atoms with Crippen LogP contribution in [0.2, 0.25) is 0 Å². The summed E-state index contributed by atoms with van der Waals surface area (Å²) in [5, 5.41) is 3.85. The van der Waals surface area contributed by atoms with E-state index in [9.17, 15) is 4.79 Å². The highest BCUT2D eigenvalue weighted by molar-refractivity contribution is 5.94. The van der Waals surface area contributed by atoms with E-state index in [0.717, 1.165) is 5.56 Å². The Morgan fingerprint density at radius 3 is 2.26 bits per heavy atom. The van der Waals surface area contributed by atoms with Crippen LogP contribution in [0, 0.1) is 0 Å². The summed E-state index contributed by atoms with van der Waals surface area (Å²) in [7, 11) is 0. The van der Waals surface area contributed by atoms with Gasteiger partial charge in [0.2, 0.25) is 0 Å². The van der Waals surface area contributed by atoms with Crippen LogP contribution in [0.5, 0.6) is 0 Å². The van der Waals surface area contributed by atoms with Crippen molar-refractivity contribution < 1.29 is 4.79 Å². The summed E-state index contributed by atoms with van der Waals surface area (Å²) in [6.07, 6.45) is 5.24. The number of nitrogens with one attached hydrogen (secondary N) is 1. The molecule has 0 aliphatic heterocycles. The first kappa shape index (κ1) is 12.8. The molecule has 2 aromatic rings. The van der Waals surface area contributed by atoms with Gasteiger partial charge in [0.15, 0.2) is 0 Å². The number of amides is 1. The third-order valence-corrected chi connectivity index (χ3v) is 2.45. The molecule has 0 aliphatic rings. The minimum atomic E-state index is -0.218. The molecule has 3 heteroatoms. The maximum atomic E-state index is 11.6. The number of allylic oxidation sites excluding steroid dienone is 1. The van der Waals surface area contributed by atoms with E-state index in [4.69, 9.17) is 0 Å². The van der Waals surface area contributed by atoms with Gasteiger partial charge in [0.25, 0.3) is 5.91 Å². The predicted molar refractivity (Wildman–Crippen MR) is 77.9 cm³/mol. The lowest BCUT2D eigenvalue weighted by Gasteiger charge is -1.97. The van der Waals surface area contributed by atoms with Gasteiger partial charge >= 0.3 is 0 Å². The van der Waals surface area contributed by atoms with Gasteiger partial charge in [-0.15, -0.1) is 0 Å². The standard InChI is InChI=1S/C16H14N2O/c19-16(15-11-5-2-6-12-15)18-17-13-7-10-14-8-3-1-4-9-14/h1-13H,(H,18,19)/b10-7+,17-13+. The average Bonchev–Trinajstić information content (AvgIpc) is 2.49. The fraction of sp³-hybridized carbons (Fsp3) is 0. The minimum absolute atomic E-state index is 0.218. The smallest absolute Gasteiger partial charge is 0.267 e. The van der Waals surface area contributed by atoms with E-state index in [0.29, 0.717) is 5.56 Å². The fourth-order valence-electron chi connectivity index (χ4n) is 1.51. The number of carbonyl (C=O) groups is 1. The van der Waals surface area contributed by atoms with Crippen LogP contribution in [0.4, 0.5) is 0 Å². The number of nitrogens with zero attached hydrogens (tertiary/aromatic N) is 1. The highest BCUT2D eigenvalue weighted by Gasteiger charge is 2.00. The van der Waals surface area contributed by atoms with Crippen molar-refractivity contribution >= 4 is 18.2 Å². The predicted octanol–water partition coefficient (Wildman–Crippen LogP) is 3.12. The Morgan fingerprint density at radius 1 is 0.947 bits per heavy atom. The van der Waals surface area contributed by atoms with Gasteiger partial charge in [-0.2, -0.15) is 5.10 Å². The summed E-state index contributed by atoms with van der Waals surface area (Å²) in [6.45, 7) is 0. The lowest BCUT2D eigenvalue weighted by atomic mass is 10.2. The van der Waals surface area contributed by atoms with Gasteiger partial charge in [-0.05, 0) is 23.8 Å². The van der Waals surface area contributed by atoms with Crippen LogP contribution < -0.4 is 5.43 Å². The number of benzene rings is 2. The number of rotatable bonds is 4. The van der Waals surface area contributed by atoms with Crippen molar-refractivity contribution in [3.63, 3.8) is 0 Å². The Bertz CT molecular complexity index is 574. The largest absolute Gasteiger partial charge is 0.271 e. The van der Waals surface area contributed by atoms with E-state index in [1.807, 2.05) is 54.6 Å². The van der Waals surface area contributed by atoms with Crippen molar-refractivity contribution in [2.24, 2.45) is 5.10 Å². The van der Waals surface area contributed by atoms with E-state index >= 15 is 0 Å². The highest BCUT2D eigenvalue weighted by Crippen LogP contribution is 2.00. The first-order valence-electron chi connectivity index (χ1n) is 5.96. The molecule has 0 unspecified atom stereocenters. The second-order valence-corrected chi connectivity index (χ2v) is 3.85. The number of hydrogen-bond donors (Lipinski definition) is 1. The monoisotopic (exact) mass is 250 g/mol. The molecule has 3 nitrogen and oxygen atoms in total. The molecule has 2 aromatic carbocycles. The molecule has 94 valence electrons. The zero-order valence-corrected chi connectivity index (χ0v) is 10.4. The molecule has 0 atom stereocenters. The molecule has 1 N–H and O–H groups in total. The van der Waals surface area contributed by atoms with Crippen LogP contribution >= 0.6 is 0 Å². The van der Waals surface area contributed by atoms with E-state index in [1.165, 1.54) is 0 Å². The molecule has 0 aliphatic carbocycles. The summed E-state index contributed by atoms with van der Waals surface area (Å²) in [6, 6.07) is 18.9. The minimum Gasteiger partial charge on any atom is -0.267 e. The molecule has 0 radical (unpaired) electrons. The first-order valence-corrected chi connectivity index (χ1v) is 5.96. The molecule has 2 rings (SSSR count). The van der Waals surface area contributed by atoms with Crippen LogP contribution in [-0.4, -0.2) is 12.1 Å². The van der Waals surface area contributed by atoms with Crippen molar-refractivity contribution in [2.45, 2.75) is 0 Å². The van der Waals surface area contributed by atoms with E-state index < -0.39 is 0 Å². The van der Waals surface area contributed by atoms with E-state index in [2.05, 4.69) is 10.5 Å². The Kier molecular flexibility index (Phi) is 4.64. The summed E-state index contributed by atoms with van der Waals surface area (Å²) in [5.41, 5.74) is 4.14. The number of carbonyl (C=O) groups excluding carboxylic acids is 1. The zero-order valence-electron chi connectivity index (χ0n) is 10.4. The Labute approximate surface area is 112 Å². The number of hydrazone groups is 1. The van der Waals surface area contributed by atoms with Gasteiger partial charge in [-0.25, -0.2) is 5.43 Å². The molecular weight excluding hydrogens is 236 g/mol. The lowest BCUT2D eigenvalue weighted by Crippen LogP contribution is -2.16. The molecule has 0 spiro atoms. The van der Waals surface area contributed by atoms with Crippen LogP contribution in [0.25, 0.3) is 6.08 Å². The third kappa shape index (κ3) is 4.24. The summed E-state index contributed by atoms with van der Waals surface area (Å²) < 4.78 is 0. The lowest BCUT2D eigenvalue weighted by molar-refractivity contribution is 0.0955. The van der Waals surface area contributed by atoms with Crippen molar-refractivity contribution in [1.82, 2.24) is 5.43 Å². The van der Waals surface area contributed by atoms with E-state index in [-0.39, 0.29) is 5.91 Å². The van der Waals surface area contributed by atoms with Crippen molar-refractivity contribution in [2.75, 3.05) is 0 Å². The van der Waals surface area contributed by atoms with E-state index in [1.54, 1.807) is 24.4 Å². The maximum Gasteiger partial charge on any atom is 0.271 e. The SMILES string of the molecule is O=C(N/N=C/C=C/c1ccccc1)c1ccccc1. The van der Waals surface area contributed by atoms with Gasteiger partial charge in [-0.1, -0.05) is 54.6 Å². The molecule has 0 bridgehead atoms. The van der Waals surface area contributed by atoms with Crippen LogP contribution in [-0.2, 0) is 0 Å². The van der Waals surface area contributed by atoms with Gasteiger partial charge in [0, 0.05) is 11.8 Å². The molecule has 0 heterocycles. The zero-order chi connectivity index (χ0) is 13.3. The molecule has 0 aromatic heterocycles. The molecule has 0 saturated carbocycles. The molecule has 1 amide bonds. The van der Waals surface area contributed by atoms with Crippen molar-refractivity contribution in [3.8, 4) is 0 Å². The molecule has 19 heavy (non-hydrogen) atoms. The average molecular weight is 250 g/mol. The number of hydrogen-bond acceptors (Lipinski definition) is 2. The Balaban J connectivity index is 1.84. The second-order valence-electron chi connectivity index (χ2n) is 3.85.